The van der Waals surface area contributed by atoms with E-state index < -0.39 is 17.8 Å². The van der Waals surface area contributed by atoms with Gasteiger partial charge >= 0.3 is 5.97 Å². The topological polar surface area (TPSA) is 104 Å². The van der Waals surface area contributed by atoms with Gasteiger partial charge in [-0.1, -0.05) is 12.1 Å². The zero-order valence-electron chi connectivity index (χ0n) is 14.6. The maximum atomic E-state index is 12.4. The van der Waals surface area contributed by atoms with Crippen LogP contribution < -0.4 is 0 Å². The maximum absolute atomic E-state index is 12.4. The van der Waals surface area contributed by atoms with Gasteiger partial charge in [-0.3, -0.25) is 24.1 Å². The van der Waals surface area contributed by atoms with Crippen molar-refractivity contribution in [1.29, 1.82) is 0 Å². The lowest BCUT2D eigenvalue weighted by Crippen LogP contribution is -2.39. The smallest absolute Gasteiger partial charge is 0.307 e. The highest BCUT2D eigenvalue weighted by atomic mass is 16.5. The Labute approximate surface area is 151 Å². The van der Waals surface area contributed by atoms with Crippen molar-refractivity contribution in [2.45, 2.75) is 19.8 Å². The average molecular weight is 362 g/mol. The van der Waals surface area contributed by atoms with E-state index >= 15 is 0 Å². The van der Waals surface area contributed by atoms with Gasteiger partial charge in [0.25, 0.3) is 11.8 Å². The molecule has 140 valence electrons. The molecule has 8 nitrogen and oxygen atoms in total. The lowest BCUT2D eigenvalue weighted by atomic mass is 10.1. The Balaban J connectivity index is 1.92. The van der Waals surface area contributed by atoms with Crippen LogP contribution in [0.1, 0.15) is 40.5 Å². The lowest BCUT2D eigenvalue weighted by molar-refractivity contribution is -0.144. The molecule has 1 aliphatic rings. The van der Waals surface area contributed by atoms with Gasteiger partial charge in [0, 0.05) is 26.1 Å². The molecule has 2 rings (SSSR count). The number of nitrogens with zero attached hydrogens (tertiary/aromatic N) is 2. The van der Waals surface area contributed by atoms with Crippen molar-refractivity contribution in [3.63, 3.8) is 0 Å². The molecule has 8 heteroatoms. The second-order valence-electron chi connectivity index (χ2n) is 5.72. The zero-order valence-corrected chi connectivity index (χ0v) is 14.6. The molecule has 0 saturated heterocycles. The summed E-state index contributed by atoms with van der Waals surface area (Å²) in [5.41, 5.74) is 0.666. The summed E-state index contributed by atoms with van der Waals surface area (Å²) in [6.07, 6.45) is -0.0547. The van der Waals surface area contributed by atoms with Gasteiger partial charge in [0.1, 0.15) is 0 Å². The summed E-state index contributed by atoms with van der Waals surface area (Å²) in [6, 6.07) is 6.51. The molecule has 0 aromatic heterocycles. The van der Waals surface area contributed by atoms with E-state index in [1.54, 1.807) is 31.2 Å². The standard InChI is InChI=1S/C18H22N2O6/c1-2-26-16(23)8-9-19(11-12-21)15(22)7-10-20-17(24)13-5-3-4-6-14(13)18(20)25/h3-6,21H,2,7-12H2,1H3. The fourth-order valence-corrected chi connectivity index (χ4v) is 2.75. The fraction of sp³-hybridized carbons (Fsp3) is 0.444. The van der Waals surface area contributed by atoms with Crippen LogP contribution in [0.2, 0.25) is 0 Å². The highest BCUT2D eigenvalue weighted by Gasteiger charge is 2.35. The SMILES string of the molecule is CCOC(=O)CCN(CCO)C(=O)CCN1C(=O)c2ccccc2C1=O. The molecule has 0 bridgehead atoms. The largest absolute Gasteiger partial charge is 0.466 e. The number of imide groups is 1. The van der Waals surface area contributed by atoms with Crippen LogP contribution >= 0.6 is 0 Å². The number of aliphatic hydroxyl groups is 1. The first kappa shape index (κ1) is 19.6. The molecule has 0 unspecified atom stereocenters. The van der Waals surface area contributed by atoms with Gasteiger partial charge in [-0.2, -0.15) is 0 Å². The number of amides is 3. The van der Waals surface area contributed by atoms with Gasteiger partial charge in [0.05, 0.1) is 30.8 Å². The molecular weight excluding hydrogens is 340 g/mol. The molecule has 1 aromatic rings. The van der Waals surface area contributed by atoms with E-state index in [1.807, 2.05) is 0 Å². The van der Waals surface area contributed by atoms with Crippen LogP contribution in [0.5, 0.6) is 0 Å². The van der Waals surface area contributed by atoms with E-state index in [2.05, 4.69) is 0 Å². The molecule has 3 amide bonds. The van der Waals surface area contributed by atoms with Crippen LogP contribution in [0.25, 0.3) is 0 Å². The van der Waals surface area contributed by atoms with Crippen molar-refractivity contribution >= 4 is 23.7 Å². The second kappa shape index (κ2) is 9.10. The zero-order chi connectivity index (χ0) is 19.1. The number of aliphatic hydroxyl groups excluding tert-OH is 1. The Bertz CT molecular complexity index is 668. The Morgan fingerprint density at radius 1 is 1.08 bits per heavy atom. The number of rotatable bonds is 9. The summed E-state index contributed by atoms with van der Waals surface area (Å²) in [6.45, 7) is 1.83. The number of esters is 1. The molecule has 1 aromatic carbocycles. The summed E-state index contributed by atoms with van der Waals surface area (Å²) in [7, 11) is 0. The molecule has 0 spiro atoms. The van der Waals surface area contributed by atoms with E-state index in [-0.39, 0.29) is 51.6 Å². The quantitative estimate of drug-likeness (QED) is 0.505. The van der Waals surface area contributed by atoms with Gasteiger partial charge < -0.3 is 14.7 Å². The molecule has 0 radical (unpaired) electrons. The van der Waals surface area contributed by atoms with Crippen molar-refractivity contribution in [2.75, 3.05) is 32.8 Å². The van der Waals surface area contributed by atoms with Gasteiger partial charge in [0.15, 0.2) is 0 Å². The van der Waals surface area contributed by atoms with E-state index in [9.17, 15) is 19.2 Å². The minimum Gasteiger partial charge on any atom is -0.466 e. The Morgan fingerprint density at radius 2 is 1.69 bits per heavy atom. The molecule has 0 fully saturated rings. The monoisotopic (exact) mass is 362 g/mol. The number of carbonyl (C=O) groups is 4. The minimum absolute atomic E-state index is 0.0204. The highest BCUT2D eigenvalue weighted by molar-refractivity contribution is 6.21. The highest BCUT2D eigenvalue weighted by Crippen LogP contribution is 2.22. The normalized spacial score (nSPS) is 12.9. The molecule has 0 aliphatic carbocycles. The number of benzene rings is 1. The molecule has 1 aliphatic heterocycles. The van der Waals surface area contributed by atoms with E-state index in [1.165, 1.54) is 4.90 Å². The van der Waals surface area contributed by atoms with Crippen LogP contribution in [0, 0.1) is 0 Å². The molecule has 1 N–H and O–H groups in total. The molecule has 1 heterocycles. The molecule has 0 saturated carbocycles. The number of hydrogen-bond acceptors (Lipinski definition) is 6. The predicted molar refractivity (Wildman–Crippen MR) is 91.3 cm³/mol. The minimum atomic E-state index is -0.427. The first-order valence-corrected chi connectivity index (χ1v) is 8.49. The second-order valence-corrected chi connectivity index (χ2v) is 5.72. The summed E-state index contributed by atoms with van der Waals surface area (Å²) in [5.74, 6) is -1.61. The number of carbonyl (C=O) groups excluding carboxylic acids is 4. The van der Waals surface area contributed by atoms with Crippen molar-refractivity contribution in [3.8, 4) is 0 Å². The third-order valence-electron chi connectivity index (χ3n) is 4.04. The first-order chi connectivity index (χ1) is 12.5. The third kappa shape index (κ3) is 4.45. The van der Waals surface area contributed by atoms with Gasteiger partial charge in [-0.05, 0) is 19.1 Å². The van der Waals surface area contributed by atoms with E-state index in [4.69, 9.17) is 9.84 Å². The van der Waals surface area contributed by atoms with Gasteiger partial charge in [-0.15, -0.1) is 0 Å². The summed E-state index contributed by atoms with van der Waals surface area (Å²) < 4.78 is 4.82. The fourth-order valence-electron chi connectivity index (χ4n) is 2.75. The summed E-state index contributed by atoms with van der Waals surface area (Å²) in [5, 5.41) is 9.11. The van der Waals surface area contributed by atoms with Crippen molar-refractivity contribution in [1.82, 2.24) is 9.80 Å². The van der Waals surface area contributed by atoms with Crippen LogP contribution in [-0.2, 0) is 14.3 Å². The van der Waals surface area contributed by atoms with Crippen LogP contribution in [-0.4, -0.2) is 71.4 Å². The van der Waals surface area contributed by atoms with Crippen molar-refractivity contribution in [3.05, 3.63) is 35.4 Å². The number of fused-ring (bicyclic) bond motifs is 1. The van der Waals surface area contributed by atoms with Gasteiger partial charge in [0.2, 0.25) is 5.91 Å². The number of hydrogen-bond donors (Lipinski definition) is 1. The van der Waals surface area contributed by atoms with E-state index in [0.717, 1.165) is 4.90 Å². The Hall–Kier alpha value is -2.74. The Morgan fingerprint density at radius 3 is 2.23 bits per heavy atom. The lowest BCUT2D eigenvalue weighted by Gasteiger charge is -2.22. The van der Waals surface area contributed by atoms with Crippen LogP contribution in [0.15, 0.2) is 24.3 Å². The summed E-state index contributed by atoms with van der Waals surface area (Å²) >= 11 is 0. The van der Waals surface area contributed by atoms with Crippen LogP contribution in [0.4, 0.5) is 0 Å². The van der Waals surface area contributed by atoms with Gasteiger partial charge in [-0.25, -0.2) is 0 Å². The maximum Gasteiger partial charge on any atom is 0.307 e. The molecule has 0 atom stereocenters. The van der Waals surface area contributed by atoms with Crippen molar-refractivity contribution < 1.29 is 29.0 Å². The van der Waals surface area contributed by atoms with Crippen LogP contribution in [0.3, 0.4) is 0 Å². The average Bonchev–Trinajstić information content (AvgIpc) is 2.88. The first-order valence-electron chi connectivity index (χ1n) is 8.49. The third-order valence-corrected chi connectivity index (χ3v) is 4.04. The van der Waals surface area contributed by atoms with E-state index in [0.29, 0.717) is 11.1 Å². The predicted octanol–water partition coefficient (Wildman–Crippen LogP) is 0.447. The van der Waals surface area contributed by atoms with Crippen molar-refractivity contribution in [2.24, 2.45) is 0 Å². The number of ether oxygens (including phenoxy) is 1. The Kier molecular flexibility index (Phi) is 6.85. The molecule has 26 heavy (non-hydrogen) atoms. The summed E-state index contributed by atoms with van der Waals surface area (Å²) in [4.78, 5) is 50.7. The molecular formula is C18H22N2O6.